The largest absolute Gasteiger partial charge is 0.481 e. The van der Waals surface area contributed by atoms with Crippen LogP contribution in [-0.2, 0) is 9.59 Å². The van der Waals surface area contributed by atoms with Crippen molar-refractivity contribution in [3.63, 3.8) is 0 Å². The molecule has 1 aromatic carbocycles. The number of rotatable bonds is 4. The Morgan fingerprint density at radius 1 is 1.39 bits per heavy atom. The second-order valence-corrected chi connectivity index (χ2v) is 6.46. The normalized spacial score (nSPS) is 21.1. The van der Waals surface area contributed by atoms with E-state index in [-0.39, 0.29) is 16.8 Å². The van der Waals surface area contributed by atoms with E-state index >= 15 is 0 Å². The SMILES string of the molecule is CC(Oc1ccc(C#N)cc1)C(=O)NNC(=O)C1CC(Br)CN1. The summed E-state index contributed by atoms with van der Waals surface area (Å²) in [5.41, 5.74) is 5.24. The average molecular weight is 381 g/mol. The summed E-state index contributed by atoms with van der Waals surface area (Å²) in [5, 5.41) is 11.8. The van der Waals surface area contributed by atoms with Gasteiger partial charge in [0.05, 0.1) is 17.7 Å². The van der Waals surface area contributed by atoms with E-state index in [0.717, 1.165) is 0 Å². The van der Waals surface area contributed by atoms with Gasteiger partial charge in [-0.1, -0.05) is 15.9 Å². The first-order valence-corrected chi connectivity index (χ1v) is 8.05. The lowest BCUT2D eigenvalue weighted by molar-refractivity contribution is -0.133. The lowest BCUT2D eigenvalue weighted by Gasteiger charge is -2.16. The summed E-state index contributed by atoms with van der Waals surface area (Å²) in [6, 6.07) is 8.10. The van der Waals surface area contributed by atoms with Gasteiger partial charge in [0.1, 0.15) is 5.75 Å². The van der Waals surface area contributed by atoms with Gasteiger partial charge in [-0.25, -0.2) is 0 Å². The maximum atomic E-state index is 11.9. The molecule has 3 atom stereocenters. The Kier molecular flexibility index (Phi) is 5.96. The molecule has 0 spiro atoms. The maximum absolute atomic E-state index is 11.9. The molecule has 0 radical (unpaired) electrons. The topological polar surface area (TPSA) is 103 Å². The average Bonchev–Trinajstić information content (AvgIpc) is 2.99. The van der Waals surface area contributed by atoms with E-state index < -0.39 is 12.0 Å². The van der Waals surface area contributed by atoms with Crippen LogP contribution in [0.15, 0.2) is 24.3 Å². The van der Waals surface area contributed by atoms with E-state index in [1.807, 2.05) is 6.07 Å². The van der Waals surface area contributed by atoms with Crippen LogP contribution in [0, 0.1) is 11.3 Å². The predicted molar refractivity (Wildman–Crippen MR) is 86.7 cm³/mol. The number of amides is 2. The molecule has 8 heteroatoms. The monoisotopic (exact) mass is 380 g/mol. The number of alkyl halides is 1. The van der Waals surface area contributed by atoms with E-state index in [0.29, 0.717) is 24.3 Å². The number of hydrogen-bond acceptors (Lipinski definition) is 5. The fourth-order valence-corrected chi connectivity index (χ4v) is 2.63. The Morgan fingerprint density at radius 2 is 2.09 bits per heavy atom. The van der Waals surface area contributed by atoms with Crippen LogP contribution in [0.5, 0.6) is 5.75 Å². The Bertz CT molecular complexity index is 614. The Labute approximate surface area is 142 Å². The zero-order valence-corrected chi connectivity index (χ0v) is 14.1. The summed E-state index contributed by atoms with van der Waals surface area (Å²) in [6.45, 7) is 2.28. The van der Waals surface area contributed by atoms with Crippen LogP contribution in [0.1, 0.15) is 18.9 Å². The first-order chi connectivity index (χ1) is 11.0. The highest BCUT2D eigenvalue weighted by Gasteiger charge is 2.28. The van der Waals surface area contributed by atoms with E-state index in [1.54, 1.807) is 31.2 Å². The third-order valence-corrected chi connectivity index (χ3v) is 4.07. The molecule has 122 valence electrons. The lowest BCUT2D eigenvalue weighted by Crippen LogP contribution is -2.52. The van der Waals surface area contributed by atoms with Gasteiger partial charge >= 0.3 is 0 Å². The molecular formula is C15H17BrN4O3. The van der Waals surface area contributed by atoms with Gasteiger partial charge in [-0.2, -0.15) is 5.26 Å². The molecule has 2 amide bonds. The molecule has 1 aromatic rings. The van der Waals surface area contributed by atoms with Crippen molar-refractivity contribution >= 4 is 27.7 Å². The number of carbonyl (C=O) groups excluding carboxylic acids is 2. The van der Waals surface area contributed by atoms with E-state index in [9.17, 15) is 9.59 Å². The molecule has 3 N–H and O–H groups in total. The van der Waals surface area contributed by atoms with Crippen molar-refractivity contribution in [1.29, 1.82) is 5.26 Å². The Balaban J connectivity index is 1.78. The third kappa shape index (κ3) is 4.94. The first kappa shape index (κ1) is 17.2. The summed E-state index contributed by atoms with van der Waals surface area (Å²) < 4.78 is 5.45. The smallest absolute Gasteiger partial charge is 0.279 e. The number of benzene rings is 1. The number of nitrogens with zero attached hydrogens (tertiary/aromatic N) is 1. The second kappa shape index (κ2) is 7.94. The van der Waals surface area contributed by atoms with Gasteiger partial charge in [-0.05, 0) is 37.6 Å². The Hall–Kier alpha value is -2.11. The van der Waals surface area contributed by atoms with Crippen molar-refractivity contribution in [2.45, 2.75) is 30.3 Å². The van der Waals surface area contributed by atoms with Crippen LogP contribution in [-0.4, -0.2) is 35.3 Å². The van der Waals surface area contributed by atoms with E-state index in [2.05, 4.69) is 32.1 Å². The highest BCUT2D eigenvalue weighted by atomic mass is 79.9. The van der Waals surface area contributed by atoms with Crippen LogP contribution >= 0.6 is 15.9 Å². The number of halogens is 1. The van der Waals surface area contributed by atoms with Gasteiger partial charge in [0, 0.05) is 11.4 Å². The number of nitrogens with one attached hydrogen (secondary N) is 3. The summed E-state index contributed by atoms with van der Waals surface area (Å²) in [6.07, 6.45) is -0.123. The van der Waals surface area contributed by atoms with Crippen LogP contribution in [0.2, 0.25) is 0 Å². The highest BCUT2D eigenvalue weighted by molar-refractivity contribution is 9.09. The zero-order chi connectivity index (χ0) is 16.8. The van der Waals surface area contributed by atoms with Gasteiger partial charge in [0.2, 0.25) is 0 Å². The van der Waals surface area contributed by atoms with Crippen molar-refractivity contribution in [1.82, 2.24) is 16.2 Å². The fourth-order valence-electron chi connectivity index (χ4n) is 2.07. The zero-order valence-electron chi connectivity index (χ0n) is 12.5. The number of ether oxygens (including phenoxy) is 1. The molecule has 1 heterocycles. The van der Waals surface area contributed by atoms with E-state index in [1.165, 1.54) is 0 Å². The quantitative estimate of drug-likeness (QED) is 0.524. The first-order valence-electron chi connectivity index (χ1n) is 7.13. The molecule has 0 saturated carbocycles. The molecule has 0 bridgehead atoms. The molecule has 0 aromatic heterocycles. The van der Waals surface area contributed by atoms with Gasteiger partial charge < -0.3 is 10.1 Å². The molecule has 23 heavy (non-hydrogen) atoms. The van der Waals surface area contributed by atoms with Crippen molar-refractivity contribution < 1.29 is 14.3 Å². The molecule has 1 aliphatic rings. The van der Waals surface area contributed by atoms with Gasteiger partial charge in [0.25, 0.3) is 11.8 Å². The summed E-state index contributed by atoms with van der Waals surface area (Å²) in [5.74, 6) is -0.278. The summed E-state index contributed by atoms with van der Waals surface area (Å²) >= 11 is 3.43. The van der Waals surface area contributed by atoms with Gasteiger partial charge in [0.15, 0.2) is 6.10 Å². The number of nitriles is 1. The van der Waals surface area contributed by atoms with Crippen LogP contribution in [0.4, 0.5) is 0 Å². The minimum absolute atomic E-state index is 0.257. The van der Waals surface area contributed by atoms with Crippen LogP contribution in [0.25, 0.3) is 0 Å². The van der Waals surface area contributed by atoms with Crippen molar-refractivity contribution in [3.8, 4) is 11.8 Å². The van der Waals surface area contributed by atoms with Crippen molar-refractivity contribution in [2.24, 2.45) is 0 Å². The summed E-state index contributed by atoms with van der Waals surface area (Å²) in [4.78, 5) is 24.0. The predicted octanol–water partition coefficient (Wildman–Crippen LogP) is 0.598. The number of carbonyl (C=O) groups is 2. The summed E-state index contributed by atoms with van der Waals surface area (Å²) in [7, 11) is 0. The molecule has 7 nitrogen and oxygen atoms in total. The molecule has 1 saturated heterocycles. The van der Waals surface area contributed by atoms with Crippen LogP contribution in [0.3, 0.4) is 0 Å². The van der Waals surface area contributed by atoms with Gasteiger partial charge in [-0.3, -0.25) is 20.4 Å². The molecule has 1 fully saturated rings. The maximum Gasteiger partial charge on any atom is 0.279 e. The van der Waals surface area contributed by atoms with Crippen molar-refractivity contribution in [2.75, 3.05) is 6.54 Å². The number of hydrazine groups is 1. The molecule has 2 rings (SSSR count). The lowest BCUT2D eigenvalue weighted by atomic mass is 10.2. The Morgan fingerprint density at radius 3 is 2.65 bits per heavy atom. The van der Waals surface area contributed by atoms with Crippen LogP contribution < -0.4 is 20.9 Å². The molecule has 3 unspecified atom stereocenters. The minimum Gasteiger partial charge on any atom is -0.481 e. The molecular weight excluding hydrogens is 364 g/mol. The second-order valence-electron chi connectivity index (χ2n) is 5.17. The number of hydrogen-bond donors (Lipinski definition) is 3. The van der Waals surface area contributed by atoms with E-state index in [4.69, 9.17) is 10.00 Å². The third-order valence-electron chi connectivity index (χ3n) is 3.37. The standard InChI is InChI=1S/C15H17BrN4O3/c1-9(23-12-4-2-10(7-17)3-5-12)14(21)19-20-15(22)13-6-11(16)8-18-13/h2-5,9,11,13,18H,6,8H2,1H3,(H,19,21)(H,20,22). The van der Waals surface area contributed by atoms with Gasteiger partial charge in [-0.15, -0.1) is 0 Å². The highest BCUT2D eigenvalue weighted by Crippen LogP contribution is 2.14. The molecule has 1 aliphatic heterocycles. The fraction of sp³-hybridized carbons (Fsp3) is 0.400. The van der Waals surface area contributed by atoms with Crippen molar-refractivity contribution in [3.05, 3.63) is 29.8 Å². The molecule has 0 aliphatic carbocycles. The minimum atomic E-state index is -0.788.